The molecule has 10 rings (SSSR count). The van der Waals surface area contributed by atoms with Crippen molar-refractivity contribution in [3.05, 3.63) is 107 Å². The number of aliphatic hydroxyl groups is 1. The maximum Gasteiger partial charge on any atom is 0.206 e. The minimum Gasteiger partial charge on any atom is -0.388 e. The molecular weight excluding hydrogens is 528 g/mol. The van der Waals surface area contributed by atoms with Crippen LogP contribution >= 0.6 is 0 Å². The van der Waals surface area contributed by atoms with Crippen molar-refractivity contribution in [3.63, 3.8) is 0 Å². The van der Waals surface area contributed by atoms with Crippen LogP contribution in [0.1, 0.15) is 37.9 Å². The highest BCUT2D eigenvalue weighted by molar-refractivity contribution is 6.07. The van der Waals surface area contributed by atoms with Gasteiger partial charge in [-0.15, -0.1) is 0 Å². The molecule has 216 valence electrons. The second-order valence-electron chi connectivity index (χ2n) is 14.0. The van der Waals surface area contributed by atoms with Crippen LogP contribution in [0, 0.1) is 17.8 Å². The Morgan fingerprint density at radius 1 is 1.00 bits per heavy atom. The van der Waals surface area contributed by atoms with E-state index >= 15 is 0 Å². The van der Waals surface area contributed by atoms with Gasteiger partial charge in [0.15, 0.2) is 12.7 Å². The summed E-state index contributed by atoms with van der Waals surface area (Å²) in [4.78, 5) is 9.20. The summed E-state index contributed by atoms with van der Waals surface area (Å²) in [7, 11) is 0. The normalized spacial score (nSPS) is 35.9. The average Bonchev–Trinajstić information content (AvgIpc) is 3.72. The summed E-state index contributed by atoms with van der Waals surface area (Å²) >= 11 is 0. The highest BCUT2D eigenvalue weighted by Gasteiger charge is 2.69. The lowest BCUT2D eigenvalue weighted by atomic mass is 9.53. The highest BCUT2D eigenvalue weighted by atomic mass is 16.3. The topological polar surface area (TPSA) is 46.4 Å². The summed E-state index contributed by atoms with van der Waals surface area (Å²) in [6.45, 7) is 7.50. The number of rotatable bonds is 1. The van der Waals surface area contributed by atoms with E-state index in [2.05, 4.69) is 112 Å². The van der Waals surface area contributed by atoms with Crippen LogP contribution in [-0.4, -0.2) is 46.3 Å². The number of anilines is 1. The van der Waals surface area contributed by atoms with Crippen LogP contribution in [-0.2, 0) is 18.4 Å². The SMILES string of the molecule is CC=C1C[n+]2ccc3c([nH]c4ccccc43)c2CC1C1=CN2c3ccccc3C34CCN5CC(=CC)C(CC53)C(C1O)C24. The van der Waals surface area contributed by atoms with E-state index in [-0.39, 0.29) is 17.3 Å². The Morgan fingerprint density at radius 3 is 2.72 bits per heavy atom. The fourth-order valence-electron chi connectivity index (χ4n) is 10.9. The van der Waals surface area contributed by atoms with Gasteiger partial charge in [-0.25, -0.2) is 0 Å². The van der Waals surface area contributed by atoms with E-state index < -0.39 is 6.10 Å². The second kappa shape index (κ2) is 8.49. The number of fused-ring (bicyclic) bond motifs is 9. The van der Waals surface area contributed by atoms with Crippen molar-refractivity contribution >= 4 is 27.5 Å². The lowest BCUT2D eigenvalue weighted by molar-refractivity contribution is -0.699. The molecule has 0 radical (unpaired) electrons. The van der Waals surface area contributed by atoms with E-state index in [4.69, 9.17) is 0 Å². The zero-order chi connectivity index (χ0) is 28.6. The van der Waals surface area contributed by atoms with Gasteiger partial charge in [0.1, 0.15) is 5.52 Å². The Bertz CT molecular complexity index is 1950. The standard InChI is InChI=1S/C38H38N4O/c1-3-22-19-40-15-13-25-24-9-5-7-11-30(24)39-35(25)32(40)17-26(22)28-21-42-31-12-8-6-10-29(31)38-14-16-41-20-23(4-2)27(18-33(38)41)34(36(28)43)37(38)42/h3-13,15,21,26-27,33-34,36-37,43H,14,16-20H2,1-2H3/p+1. The molecule has 2 aromatic heterocycles. The van der Waals surface area contributed by atoms with Gasteiger partial charge in [0.25, 0.3) is 0 Å². The summed E-state index contributed by atoms with van der Waals surface area (Å²) in [6, 6.07) is 21.0. The smallest absolute Gasteiger partial charge is 0.206 e. The number of hydrogen-bond donors (Lipinski definition) is 2. The van der Waals surface area contributed by atoms with Crippen LogP contribution in [0.5, 0.6) is 0 Å². The Hall–Kier alpha value is -3.67. The van der Waals surface area contributed by atoms with Crippen LogP contribution in [0.25, 0.3) is 21.8 Å². The Balaban J connectivity index is 1.16. The molecule has 6 aliphatic rings. The molecule has 1 aliphatic carbocycles. The summed E-state index contributed by atoms with van der Waals surface area (Å²) < 4.78 is 2.43. The van der Waals surface area contributed by atoms with E-state index in [1.54, 1.807) is 5.57 Å². The number of hydrogen-bond acceptors (Lipinski definition) is 3. The number of allylic oxidation sites excluding steroid dienone is 3. The number of para-hydroxylation sites is 2. The maximum absolute atomic E-state index is 12.7. The largest absolute Gasteiger partial charge is 0.388 e. The van der Waals surface area contributed by atoms with Crippen molar-refractivity contribution in [2.45, 2.75) is 63.3 Å². The molecule has 2 N–H and O–H groups in total. The molecule has 2 saturated heterocycles. The van der Waals surface area contributed by atoms with E-state index in [0.717, 1.165) is 26.1 Å². The number of aromatic nitrogens is 2. The van der Waals surface area contributed by atoms with Gasteiger partial charge in [0.05, 0.1) is 12.1 Å². The average molecular weight is 568 g/mol. The van der Waals surface area contributed by atoms with Gasteiger partial charge in [-0.1, -0.05) is 54.1 Å². The first-order chi connectivity index (χ1) is 21.1. The third kappa shape index (κ3) is 2.93. The Kier molecular flexibility index (Phi) is 4.88. The summed E-state index contributed by atoms with van der Waals surface area (Å²) in [5.41, 5.74) is 11.0. The predicted molar refractivity (Wildman–Crippen MR) is 171 cm³/mol. The van der Waals surface area contributed by atoms with Crippen molar-refractivity contribution < 1.29 is 9.67 Å². The fraction of sp³-hybridized carbons (Fsp3) is 0.395. The first kappa shape index (κ1) is 24.7. The molecule has 7 heterocycles. The first-order valence-electron chi connectivity index (χ1n) is 16.4. The van der Waals surface area contributed by atoms with Gasteiger partial charge in [-0.2, -0.15) is 4.57 Å². The molecular formula is C38H39N4O+. The fourth-order valence-corrected chi connectivity index (χ4v) is 10.9. The number of aromatic amines is 1. The van der Waals surface area contributed by atoms with Gasteiger partial charge < -0.3 is 15.0 Å². The van der Waals surface area contributed by atoms with Crippen molar-refractivity contribution in [1.29, 1.82) is 0 Å². The summed E-state index contributed by atoms with van der Waals surface area (Å²) in [5, 5.41) is 15.3. The summed E-state index contributed by atoms with van der Waals surface area (Å²) in [6.07, 6.45) is 12.2. The highest BCUT2D eigenvalue weighted by Crippen LogP contribution is 2.65. The molecule has 1 spiro atoms. The lowest BCUT2D eigenvalue weighted by Crippen LogP contribution is -2.67. The number of benzene rings is 2. The number of piperidine rings is 1. The molecule has 1 saturated carbocycles. The Labute approximate surface area is 252 Å². The molecule has 2 aromatic carbocycles. The minimum atomic E-state index is -0.450. The minimum absolute atomic E-state index is 0.106. The molecule has 3 fully saturated rings. The third-order valence-corrected chi connectivity index (χ3v) is 12.7. The Morgan fingerprint density at radius 2 is 1.84 bits per heavy atom. The van der Waals surface area contributed by atoms with Crippen LogP contribution in [0.15, 0.2) is 95.9 Å². The number of nitrogens with zero attached hydrogens (tertiary/aromatic N) is 3. The second-order valence-corrected chi connectivity index (χ2v) is 14.0. The molecule has 5 heteroatoms. The van der Waals surface area contributed by atoms with Crippen molar-refractivity contribution in [2.24, 2.45) is 17.8 Å². The quantitative estimate of drug-likeness (QED) is 0.226. The molecule has 0 amide bonds. The molecule has 5 aliphatic heterocycles. The van der Waals surface area contributed by atoms with Crippen molar-refractivity contribution in [3.8, 4) is 0 Å². The molecule has 43 heavy (non-hydrogen) atoms. The monoisotopic (exact) mass is 567 g/mol. The zero-order valence-electron chi connectivity index (χ0n) is 25.0. The van der Waals surface area contributed by atoms with Gasteiger partial charge in [-0.05, 0) is 68.0 Å². The molecule has 2 bridgehead atoms. The molecule has 7 unspecified atom stereocenters. The lowest BCUT2D eigenvalue weighted by Gasteiger charge is -2.59. The predicted octanol–water partition coefficient (Wildman–Crippen LogP) is 5.78. The van der Waals surface area contributed by atoms with E-state index in [9.17, 15) is 5.11 Å². The van der Waals surface area contributed by atoms with Gasteiger partial charge >= 0.3 is 0 Å². The van der Waals surface area contributed by atoms with E-state index in [1.807, 2.05) is 0 Å². The van der Waals surface area contributed by atoms with Crippen LogP contribution in [0.4, 0.5) is 5.69 Å². The van der Waals surface area contributed by atoms with Crippen LogP contribution in [0.2, 0.25) is 0 Å². The van der Waals surface area contributed by atoms with Crippen LogP contribution < -0.4 is 9.47 Å². The zero-order valence-corrected chi connectivity index (χ0v) is 25.0. The maximum atomic E-state index is 12.7. The van der Waals surface area contributed by atoms with Gasteiger partial charge in [0, 0.05) is 70.5 Å². The van der Waals surface area contributed by atoms with Crippen LogP contribution in [0.3, 0.4) is 0 Å². The number of nitrogens with one attached hydrogen (secondary N) is 1. The molecule has 7 atom stereocenters. The number of aliphatic hydroxyl groups excluding tert-OH is 1. The molecule has 4 aromatic rings. The van der Waals surface area contributed by atoms with E-state index in [1.165, 1.54) is 62.7 Å². The number of H-pyrrole nitrogens is 1. The van der Waals surface area contributed by atoms with Crippen molar-refractivity contribution in [2.75, 3.05) is 18.0 Å². The number of pyridine rings is 1. The molecule has 5 nitrogen and oxygen atoms in total. The van der Waals surface area contributed by atoms with Gasteiger partial charge in [-0.3, -0.25) is 4.90 Å². The van der Waals surface area contributed by atoms with E-state index in [0.29, 0.717) is 18.0 Å². The van der Waals surface area contributed by atoms with Gasteiger partial charge in [0.2, 0.25) is 5.69 Å². The van der Waals surface area contributed by atoms with Crippen molar-refractivity contribution in [1.82, 2.24) is 9.88 Å². The summed E-state index contributed by atoms with van der Waals surface area (Å²) in [5.74, 6) is 0.806. The third-order valence-electron chi connectivity index (χ3n) is 12.7. The first-order valence-corrected chi connectivity index (χ1v) is 16.4.